The van der Waals surface area contributed by atoms with Gasteiger partial charge in [0.25, 0.3) is 5.91 Å². The molecule has 0 aliphatic carbocycles. The molecule has 0 saturated carbocycles. The first-order valence-electron chi connectivity index (χ1n) is 7.74. The molecule has 1 N–H and O–H groups in total. The maximum atomic E-state index is 12.5. The highest BCUT2D eigenvalue weighted by Gasteiger charge is 2.16. The fraction of sp³-hybridized carbons (Fsp3) is 0.158. The first kappa shape index (κ1) is 16.2. The van der Waals surface area contributed by atoms with E-state index in [4.69, 9.17) is 4.74 Å². The number of carbonyl (C=O) groups excluding carboxylic acids is 1. The van der Waals surface area contributed by atoms with Crippen molar-refractivity contribution in [1.82, 2.24) is 4.98 Å². The minimum absolute atomic E-state index is 0.199. The molecule has 0 radical (unpaired) electrons. The van der Waals surface area contributed by atoms with Crippen molar-refractivity contribution in [3.8, 4) is 16.3 Å². The number of carbonyl (C=O) groups is 1. The number of aryl methyl sites for hydroxylation is 1. The van der Waals surface area contributed by atoms with Gasteiger partial charge in [0.1, 0.15) is 16.5 Å². The third-order valence-electron chi connectivity index (χ3n) is 3.46. The highest BCUT2D eigenvalue weighted by Crippen LogP contribution is 2.28. The third-order valence-corrected chi connectivity index (χ3v) is 4.48. The molecule has 0 aliphatic rings. The smallest absolute Gasteiger partial charge is 0.275 e. The number of ether oxygens (including phenoxy) is 1. The molecule has 1 amide bonds. The molecule has 122 valence electrons. The molecular formula is C19H18N2O2S. The van der Waals surface area contributed by atoms with Crippen molar-refractivity contribution < 1.29 is 9.53 Å². The topological polar surface area (TPSA) is 51.2 Å². The summed E-state index contributed by atoms with van der Waals surface area (Å²) in [6.07, 6.45) is 0. The van der Waals surface area contributed by atoms with Gasteiger partial charge in [-0.25, -0.2) is 4.98 Å². The van der Waals surface area contributed by atoms with Crippen molar-refractivity contribution in [3.05, 3.63) is 65.2 Å². The van der Waals surface area contributed by atoms with Gasteiger partial charge in [-0.3, -0.25) is 4.79 Å². The zero-order valence-electron chi connectivity index (χ0n) is 13.6. The summed E-state index contributed by atoms with van der Waals surface area (Å²) >= 11 is 1.52. The Kier molecular flexibility index (Phi) is 4.91. The molecule has 0 bridgehead atoms. The molecule has 0 saturated heterocycles. The Bertz CT molecular complexity index is 826. The van der Waals surface area contributed by atoms with Gasteiger partial charge in [0, 0.05) is 16.1 Å². The van der Waals surface area contributed by atoms with Gasteiger partial charge in [-0.05, 0) is 38.1 Å². The number of anilines is 1. The molecule has 1 aromatic heterocycles. The predicted octanol–water partition coefficient (Wildman–Crippen LogP) is 4.77. The average Bonchev–Trinajstić information content (AvgIpc) is 3.00. The Morgan fingerprint density at radius 2 is 1.83 bits per heavy atom. The first-order chi connectivity index (χ1) is 11.7. The van der Waals surface area contributed by atoms with Crippen LogP contribution in [0, 0.1) is 6.92 Å². The van der Waals surface area contributed by atoms with E-state index in [1.807, 2.05) is 68.4 Å². The van der Waals surface area contributed by atoms with E-state index in [0.29, 0.717) is 12.3 Å². The lowest BCUT2D eigenvalue weighted by Crippen LogP contribution is -2.13. The minimum atomic E-state index is -0.199. The van der Waals surface area contributed by atoms with Crippen LogP contribution < -0.4 is 10.1 Å². The maximum absolute atomic E-state index is 12.5. The summed E-state index contributed by atoms with van der Waals surface area (Å²) in [5.41, 5.74) is 2.20. The molecule has 0 fully saturated rings. The largest absolute Gasteiger partial charge is 0.494 e. The Hall–Kier alpha value is -2.66. The molecule has 0 aliphatic heterocycles. The van der Waals surface area contributed by atoms with Crippen LogP contribution in [0.1, 0.15) is 22.3 Å². The highest BCUT2D eigenvalue weighted by molar-refractivity contribution is 7.15. The number of nitrogens with one attached hydrogen (secondary N) is 1. The number of aromatic nitrogens is 1. The summed E-state index contributed by atoms with van der Waals surface area (Å²) in [4.78, 5) is 17.9. The molecular weight excluding hydrogens is 320 g/mol. The van der Waals surface area contributed by atoms with E-state index in [1.54, 1.807) is 0 Å². The molecule has 3 rings (SSSR count). The van der Waals surface area contributed by atoms with Crippen LogP contribution in [0.15, 0.2) is 54.6 Å². The summed E-state index contributed by atoms with van der Waals surface area (Å²) in [5, 5.41) is 3.73. The molecule has 24 heavy (non-hydrogen) atoms. The lowest BCUT2D eigenvalue weighted by atomic mass is 10.2. The van der Waals surface area contributed by atoms with Gasteiger partial charge < -0.3 is 10.1 Å². The predicted molar refractivity (Wildman–Crippen MR) is 97.9 cm³/mol. The lowest BCUT2D eigenvalue weighted by Gasteiger charge is -2.06. The molecule has 2 aromatic carbocycles. The van der Waals surface area contributed by atoms with Gasteiger partial charge in [-0.15, -0.1) is 11.3 Å². The van der Waals surface area contributed by atoms with E-state index in [0.717, 1.165) is 26.9 Å². The first-order valence-corrected chi connectivity index (χ1v) is 8.56. The van der Waals surface area contributed by atoms with Crippen molar-refractivity contribution >= 4 is 22.9 Å². The number of hydrogen-bond acceptors (Lipinski definition) is 4. The van der Waals surface area contributed by atoms with E-state index >= 15 is 0 Å². The van der Waals surface area contributed by atoms with Gasteiger partial charge >= 0.3 is 0 Å². The third kappa shape index (κ3) is 3.63. The zero-order chi connectivity index (χ0) is 16.9. The minimum Gasteiger partial charge on any atom is -0.494 e. The highest BCUT2D eigenvalue weighted by atomic mass is 32.1. The van der Waals surface area contributed by atoms with Crippen molar-refractivity contribution in [2.24, 2.45) is 0 Å². The monoisotopic (exact) mass is 338 g/mol. The Labute approximate surface area is 145 Å². The number of rotatable bonds is 5. The second-order valence-electron chi connectivity index (χ2n) is 5.20. The Balaban J connectivity index is 1.76. The molecule has 3 aromatic rings. The Morgan fingerprint density at radius 1 is 1.12 bits per heavy atom. The standard InChI is InChI=1S/C19H18N2O2S/c1-3-23-16-11-9-15(10-12-16)20-18(22)17-13(2)24-19(21-17)14-7-5-4-6-8-14/h4-12H,3H2,1-2H3,(H,20,22). The van der Waals surface area contributed by atoms with Crippen molar-refractivity contribution in [2.75, 3.05) is 11.9 Å². The maximum Gasteiger partial charge on any atom is 0.275 e. The SMILES string of the molecule is CCOc1ccc(NC(=O)c2nc(-c3ccccc3)sc2C)cc1. The molecule has 0 atom stereocenters. The van der Waals surface area contributed by atoms with Crippen LogP contribution >= 0.6 is 11.3 Å². The van der Waals surface area contributed by atoms with E-state index in [1.165, 1.54) is 11.3 Å². The van der Waals surface area contributed by atoms with E-state index in [2.05, 4.69) is 10.3 Å². The number of thiazole rings is 1. The van der Waals surface area contributed by atoms with Crippen LogP contribution in [0.2, 0.25) is 0 Å². The molecule has 4 nitrogen and oxygen atoms in total. The van der Waals surface area contributed by atoms with E-state index < -0.39 is 0 Å². The van der Waals surface area contributed by atoms with Crippen LogP contribution in [0.25, 0.3) is 10.6 Å². The zero-order valence-corrected chi connectivity index (χ0v) is 14.4. The number of nitrogens with zero attached hydrogens (tertiary/aromatic N) is 1. The van der Waals surface area contributed by atoms with Crippen LogP contribution in [-0.2, 0) is 0 Å². The number of hydrogen-bond donors (Lipinski definition) is 1. The number of amides is 1. The summed E-state index contributed by atoms with van der Waals surface area (Å²) in [6.45, 7) is 4.47. The van der Waals surface area contributed by atoms with E-state index in [9.17, 15) is 4.79 Å². The van der Waals surface area contributed by atoms with Crippen molar-refractivity contribution in [3.63, 3.8) is 0 Å². The van der Waals surface area contributed by atoms with Gasteiger partial charge in [0.15, 0.2) is 0 Å². The molecule has 5 heteroatoms. The lowest BCUT2D eigenvalue weighted by molar-refractivity contribution is 0.102. The molecule has 1 heterocycles. The van der Waals surface area contributed by atoms with Gasteiger partial charge in [0.05, 0.1) is 6.61 Å². The molecule has 0 spiro atoms. The quantitative estimate of drug-likeness (QED) is 0.729. The average molecular weight is 338 g/mol. The normalized spacial score (nSPS) is 10.4. The van der Waals surface area contributed by atoms with Crippen LogP contribution in [0.5, 0.6) is 5.75 Å². The summed E-state index contributed by atoms with van der Waals surface area (Å²) in [6, 6.07) is 17.2. The van der Waals surface area contributed by atoms with Crippen LogP contribution in [-0.4, -0.2) is 17.5 Å². The van der Waals surface area contributed by atoms with Gasteiger partial charge in [-0.2, -0.15) is 0 Å². The van der Waals surface area contributed by atoms with Gasteiger partial charge in [-0.1, -0.05) is 30.3 Å². The fourth-order valence-corrected chi connectivity index (χ4v) is 3.22. The Morgan fingerprint density at radius 3 is 2.50 bits per heavy atom. The van der Waals surface area contributed by atoms with Gasteiger partial charge in [0.2, 0.25) is 0 Å². The van der Waals surface area contributed by atoms with E-state index in [-0.39, 0.29) is 5.91 Å². The second kappa shape index (κ2) is 7.27. The number of benzene rings is 2. The van der Waals surface area contributed by atoms with Crippen molar-refractivity contribution in [2.45, 2.75) is 13.8 Å². The summed E-state index contributed by atoms with van der Waals surface area (Å²) < 4.78 is 5.40. The van der Waals surface area contributed by atoms with Crippen molar-refractivity contribution in [1.29, 1.82) is 0 Å². The molecule has 0 unspecified atom stereocenters. The van der Waals surface area contributed by atoms with Crippen LogP contribution in [0.4, 0.5) is 5.69 Å². The summed E-state index contributed by atoms with van der Waals surface area (Å²) in [7, 11) is 0. The van der Waals surface area contributed by atoms with Crippen LogP contribution in [0.3, 0.4) is 0 Å². The summed E-state index contributed by atoms with van der Waals surface area (Å²) in [5.74, 6) is 0.585. The second-order valence-corrected chi connectivity index (χ2v) is 6.40. The fourth-order valence-electron chi connectivity index (χ4n) is 2.30.